The number of carbonyl (C=O) groups is 1. The number of hydrogen-bond donors (Lipinski definition) is 3. The quantitative estimate of drug-likeness (QED) is 0.396. The smallest absolute Gasteiger partial charge is 0.291 e. The van der Waals surface area contributed by atoms with Crippen molar-refractivity contribution in [3.05, 3.63) is 89.9 Å². The monoisotopic (exact) mass is 416 g/mol. The molecule has 0 saturated heterocycles. The van der Waals surface area contributed by atoms with Crippen LogP contribution < -0.4 is 16.0 Å². The molecule has 160 valence electrons. The minimum Gasteiger partial charge on any atom is -0.459 e. The van der Waals surface area contributed by atoms with Crippen molar-refractivity contribution in [3.63, 3.8) is 0 Å². The molecule has 2 aromatic carbocycles. The van der Waals surface area contributed by atoms with Gasteiger partial charge in [0.15, 0.2) is 11.7 Å². The minimum absolute atomic E-state index is 0.189. The van der Waals surface area contributed by atoms with Gasteiger partial charge in [0.25, 0.3) is 5.91 Å². The molecule has 1 aromatic heterocycles. The van der Waals surface area contributed by atoms with Crippen LogP contribution in [0.15, 0.2) is 82.4 Å². The van der Waals surface area contributed by atoms with Crippen molar-refractivity contribution in [2.45, 2.75) is 31.2 Å². The first-order chi connectivity index (χ1) is 15.2. The first kappa shape index (κ1) is 20.7. The number of aliphatic imine (C=N–C) groups is 1. The van der Waals surface area contributed by atoms with Crippen LogP contribution >= 0.6 is 0 Å². The van der Waals surface area contributed by atoms with Gasteiger partial charge in [0.05, 0.1) is 6.26 Å². The van der Waals surface area contributed by atoms with Gasteiger partial charge in [0, 0.05) is 31.2 Å². The summed E-state index contributed by atoms with van der Waals surface area (Å²) < 4.78 is 5.14. The molecule has 6 nitrogen and oxygen atoms in total. The molecular formula is C25H28N4O2. The maximum atomic E-state index is 12.2. The van der Waals surface area contributed by atoms with Crippen molar-refractivity contribution in [1.29, 1.82) is 0 Å². The Bertz CT molecular complexity index is 1020. The van der Waals surface area contributed by atoms with E-state index in [2.05, 4.69) is 51.3 Å². The van der Waals surface area contributed by atoms with Crippen LogP contribution in [0.2, 0.25) is 0 Å². The van der Waals surface area contributed by atoms with Crippen molar-refractivity contribution in [2.75, 3.05) is 18.9 Å². The molecule has 1 saturated carbocycles. The largest absolute Gasteiger partial charge is 0.459 e. The van der Waals surface area contributed by atoms with Crippen LogP contribution in [0.4, 0.5) is 5.69 Å². The molecule has 1 aliphatic rings. The molecular weight excluding hydrogens is 388 g/mol. The average molecular weight is 417 g/mol. The number of anilines is 1. The molecule has 4 rings (SSSR count). The Kier molecular flexibility index (Phi) is 6.36. The summed E-state index contributed by atoms with van der Waals surface area (Å²) in [5.74, 6) is 0.794. The first-order valence-corrected chi connectivity index (χ1v) is 10.6. The third-order valence-corrected chi connectivity index (χ3v) is 5.90. The van der Waals surface area contributed by atoms with E-state index in [0.29, 0.717) is 6.54 Å². The number of rotatable bonds is 7. The molecule has 1 fully saturated rings. The van der Waals surface area contributed by atoms with Crippen molar-refractivity contribution in [1.82, 2.24) is 10.6 Å². The Hall–Kier alpha value is -3.54. The molecule has 0 aliphatic heterocycles. The lowest BCUT2D eigenvalue weighted by atomic mass is 9.64. The van der Waals surface area contributed by atoms with Gasteiger partial charge in [-0.2, -0.15) is 0 Å². The lowest BCUT2D eigenvalue weighted by Gasteiger charge is -2.43. The predicted octanol–water partition coefficient (Wildman–Crippen LogP) is 4.32. The molecule has 1 amide bonds. The third-order valence-electron chi connectivity index (χ3n) is 5.90. The van der Waals surface area contributed by atoms with Crippen LogP contribution in [0.25, 0.3) is 0 Å². The zero-order chi connectivity index (χ0) is 21.5. The SMILES string of the molecule is CN=C(NCc1cccc(NC(=O)c2ccco2)c1)NCC1(c2ccccc2)CCC1. The Morgan fingerprint density at radius 3 is 2.55 bits per heavy atom. The average Bonchev–Trinajstić information content (AvgIpc) is 3.31. The van der Waals surface area contributed by atoms with Crippen molar-refractivity contribution < 1.29 is 9.21 Å². The number of benzene rings is 2. The van der Waals surface area contributed by atoms with Gasteiger partial charge >= 0.3 is 0 Å². The highest BCUT2D eigenvalue weighted by Gasteiger charge is 2.38. The summed E-state index contributed by atoms with van der Waals surface area (Å²) in [7, 11) is 1.78. The van der Waals surface area contributed by atoms with Crippen LogP contribution in [0.3, 0.4) is 0 Å². The van der Waals surface area contributed by atoms with Crippen LogP contribution in [-0.4, -0.2) is 25.5 Å². The van der Waals surface area contributed by atoms with E-state index < -0.39 is 0 Å². The fourth-order valence-corrected chi connectivity index (χ4v) is 3.98. The highest BCUT2D eigenvalue weighted by atomic mass is 16.3. The van der Waals surface area contributed by atoms with E-state index in [0.717, 1.165) is 23.8 Å². The van der Waals surface area contributed by atoms with E-state index in [-0.39, 0.29) is 17.1 Å². The van der Waals surface area contributed by atoms with Gasteiger partial charge < -0.3 is 20.4 Å². The molecule has 0 radical (unpaired) electrons. The predicted molar refractivity (Wildman–Crippen MR) is 123 cm³/mol. The zero-order valence-electron chi connectivity index (χ0n) is 17.7. The zero-order valence-corrected chi connectivity index (χ0v) is 17.7. The highest BCUT2D eigenvalue weighted by molar-refractivity contribution is 6.02. The van der Waals surface area contributed by atoms with Gasteiger partial charge in [-0.3, -0.25) is 9.79 Å². The van der Waals surface area contributed by atoms with Gasteiger partial charge in [-0.1, -0.05) is 48.9 Å². The molecule has 0 unspecified atom stereocenters. The fraction of sp³-hybridized carbons (Fsp3) is 0.280. The summed E-state index contributed by atoms with van der Waals surface area (Å²) >= 11 is 0. The van der Waals surface area contributed by atoms with Crippen LogP contribution in [0.1, 0.15) is 40.9 Å². The van der Waals surface area contributed by atoms with Gasteiger partial charge in [-0.25, -0.2) is 0 Å². The highest BCUT2D eigenvalue weighted by Crippen LogP contribution is 2.43. The van der Waals surface area contributed by atoms with Gasteiger partial charge in [0.2, 0.25) is 0 Å². The lowest BCUT2D eigenvalue weighted by molar-refractivity contribution is 0.0996. The molecule has 0 bridgehead atoms. The van der Waals surface area contributed by atoms with E-state index in [4.69, 9.17) is 4.42 Å². The maximum absolute atomic E-state index is 12.2. The van der Waals surface area contributed by atoms with E-state index in [9.17, 15) is 4.79 Å². The number of amides is 1. The number of nitrogens with zero attached hydrogens (tertiary/aromatic N) is 1. The van der Waals surface area contributed by atoms with Crippen LogP contribution in [-0.2, 0) is 12.0 Å². The number of nitrogens with one attached hydrogen (secondary N) is 3. The number of guanidine groups is 1. The summed E-state index contributed by atoms with van der Waals surface area (Å²) in [5.41, 5.74) is 3.35. The normalized spacial score (nSPS) is 15.1. The molecule has 31 heavy (non-hydrogen) atoms. The summed E-state index contributed by atoms with van der Waals surface area (Å²) in [5, 5.41) is 9.74. The van der Waals surface area contributed by atoms with Crippen molar-refractivity contribution in [2.24, 2.45) is 4.99 Å². The van der Waals surface area contributed by atoms with Gasteiger partial charge in [0.1, 0.15) is 0 Å². The number of furan rings is 1. The minimum atomic E-state index is -0.265. The van der Waals surface area contributed by atoms with Crippen molar-refractivity contribution >= 4 is 17.6 Å². The first-order valence-electron chi connectivity index (χ1n) is 10.6. The second-order valence-corrected chi connectivity index (χ2v) is 7.91. The summed E-state index contributed by atoms with van der Waals surface area (Å²) in [6.07, 6.45) is 5.13. The van der Waals surface area contributed by atoms with E-state index in [1.165, 1.54) is 31.1 Å². The number of hydrogen-bond acceptors (Lipinski definition) is 3. The fourth-order valence-electron chi connectivity index (χ4n) is 3.98. The third kappa shape index (κ3) is 4.97. The molecule has 3 aromatic rings. The summed E-state index contributed by atoms with van der Waals surface area (Å²) in [6, 6.07) is 21.8. The Morgan fingerprint density at radius 1 is 1.03 bits per heavy atom. The topological polar surface area (TPSA) is 78.7 Å². The molecule has 6 heteroatoms. The second kappa shape index (κ2) is 9.51. The molecule has 3 N–H and O–H groups in total. The molecule has 0 spiro atoms. The second-order valence-electron chi connectivity index (χ2n) is 7.91. The van der Waals surface area contributed by atoms with Crippen LogP contribution in [0.5, 0.6) is 0 Å². The molecule has 1 heterocycles. The van der Waals surface area contributed by atoms with Gasteiger partial charge in [-0.05, 0) is 48.2 Å². The van der Waals surface area contributed by atoms with E-state index in [1.54, 1.807) is 19.2 Å². The summed E-state index contributed by atoms with van der Waals surface area (Å²) in [6.45, 7) is 1.46. The number of carbonyl (C=O) groups excluding carboxylic acids is 1. The van der Waals surface area contributed by atoms with Crippen LogP contribution in [0, 0.1) is 0 Å². The molecule has 1 aliphatic carbocycles. The Morgan fingerprint density at radius 2 is 1.87 bits per heavy atom. The Balaban J connectivity index is 1.32. The summed E-state index contributed by atoms with van der Waals surface area (Å²) in [4.78, 5) is 16.6. The van der Waals surface area contributed by atoms with E-state index >= 15 is 0 Å². The molecule has 0 atom stereocenters. The van der Waals surface area contributed by atoms with Crippen molar-refractivity contribution in [3.8, 4) is 0 Å². The van der Waals surface area contributed by atoms with E-state index in [1.807, 2.05) is 24.3 Å². The lowest BCUT2D eigenvalue weighted by Crippen LogP contribution is -2.48. The van der Waals surface area contributed by atoms with Gasteiger partial charge in [-0.15, -0.1) is 0 Å². The standard InChI is InChI=1S/C25H28N4O2/c1-26-24(28-18-25(13-7-14-25)20-9-3-2-4-10-20)27-17-19-8-5-11-21(16-19)29-23(30)22-12-6-15-31-22/h2-6,8-12,15-16H,7,13-14,17-18H2,1H3,(H,29,30)(H2,26,27,28). The Labute approximate surface area is 182 Å². The maximum Gasteiger partial charge on any atom is 0.291 e.